The Hall–Kier alpha value is -2.79. The van der Waals surface area contributed by atoms with Gasteiger partial charge in [0.1, 0.15) is 5.69 Å². The van der Waals surface area contributed by atoms with Crippen molar-refractivity contribution in [3.8, 4) is 0 Å². The molecular weight excluding hydrogens is 336 g/mol. The molecule has 3 aromatic rings. The summed E-state index contributed by atoms with van der Waals surface area (Å²) < 4.78 is 0. The van der Waals surface area contributed by atoms with Crippen LogP contribution in [0.3, 0.4) is 0 Å². The highest BCUT2D eigenvalue weighted by molar-refractivity contribution is 6.06. The van der Waals surface area contributed by atoms with Crippen LogP contribution < -0.4 is 10.2 Å². The van der Waals surface area contributed by atoms with Gasteiger partial charge >= 0.3 is 0 Å². The number of hydrogen-bond donors (Lipinski definition) is 2. The molecule has 2 aromatic carbocycles. The standard InChI is InChI=1S/C22H26N4O/c1-15-12-16(2)19-14-21(24-20(19)13-15)22(27)23-17-4-6-18(7-5-17)26-10-8-25(3)9-11-26/h4-7,12-14,24H,8-11H2,1-3H3,(H,23,27). The fourth-order valence-corrected chi connectivity index (χ4v) is 3.74. The fraction of sp³-hybridized carbons (Fsp3) is 0.318. The van der Waals surface area contributed by atoms with Crippen molar-refractivity contribution >= 4 is 28.2 Å². The van der Waals surface area contributed by atoms with Crippen LogP contribution in [0.2, 0.25) is 0 Å². The first-order chi connectivity index (χ1) is 13.0. The zero-order valence-corrected chi connectivity index (χ0v) is 16.2. The molecule has 1 aromatic heterocycles. The number of hydrogen-bond acceptors (Lipinski definition) is 3. The van der Waals surface area contributed by atoms with E-state index in [0.29, 0.717) is 5.69 Å². The molecule has 2 heterocycles. The first-order valence-electron chi connectivity index (χ1n) is 9.44. The Morgan fingerprint density at radius 1 is 1.00 bits per heavy atom. The lowest BCUT2D eigenvalue weighted by molar-refractivity contribution is 0.102. The van der Waals surface area contributed by atoms with Crippen molar-refractivity contribution in [3.63, 3.8) is 0 Å². The Morgan fingerprint density at radius 2 is 1.70 bits per heavy atom. The fourth-order valence-electron chi connectivity index (χ4n) is 3.74. The van der Waals surface area contributed by atoms with Crippen LogP contribution in [0.5, 0.6) is 0 Å². The summed E-state index contributed by atoms with van der Waals surface area (Å²) in [4.78, 5) is 20.6. The summed E-state index contributed by atoms with van der Waals surface area (Å²) in [6, 6.07) is 14.3. The Morgan fingerprint density at radius 3 is 2.41 bits per heavy atom. The molecule has 0 spiro atoms. The second-order valence-electron chi connectivity index (χ2n) is 7.52. The SMILES string of the molecule is Cc1cc(C)c2cc(C(=O)Nc3ccc(N4CCN(C)CC4)cc3)[nH]c2c1. The predicted octanol–water partition coefficient (Wildman–Crippen LogP) is 3.79. The molecule has 0 atom stereocenters. The van der Waals surface area contributed by atoms with E-state index in [0.717, 1.165) is 42.8 Å². The molecular formula is C22H26N4O. The number of likely N-dealkylation sites (N-methyl/N-ethyl adjacent to an activating group) is 1. The van der Waals surface area contributed by atoms with Crippen LogP contribution in [-0.4, -0.2) is 49.0 Å². The third kappa shape index (κ3) is 3.69. The topological polar surface area (TPSA) is 51.4 Å². The number of aromatic amines is 1. The van der Waals surface area contributed by atoms with Crippen LogP contribution in [0.1, 0.15) is 21.6 Å². The Bertz CT molecular complexity index is 966. The van der Waals surface area contributed by atoms with E-state index in [2.05, 4.69) is 65.3 Å². The van der Waals surface area contributed by atoms with Gasteiger partial charge < -0.3 is 20.1 Å². The number of aromatic nitrogens is 1. The van der Waals surface area contributed by atoms with Gasteiger partial charge in [0, 0.05) is 48.5 Å². The average Bonchev–Trinajstić information content (AvgIpc) is 3.08. The number of rotatable bonds is 3. The van der Waals surface area contributed by atoms with E-state index in [1.807, 2.05) is 18.2 Å². The molecule has 0 saturated carbocycles. The molecule has 1 fully saturated rings. The van der Waals surface area contributed by atoms with Gasteiger partial charge in [-0.1, -0.05) is 6.07 Å². The number of H-pyrrole nitrogens is 1. The van der Waals surface area contributed by atoms with Gasteiger partial charge in [0.25, 0.3) is 5.91 Å². The lowest BCUT2D eigenvalue weighted by atomic mass is 10.1. The van der Waals surface area contributed by atoms with Crippen LogP contribution in [0, 0.1) is 13.8 Å². The molecule has 1 aliphatic heterocycles. The zero-order valence-electron chi connectivity index (χ0n) is 16.2. The molecule has 1 saturated heterocycles. The van der Waals surface area contributed by atoms with Crippen molar-refractivity contribution < 1.29 is 4.79 Å². The number of fused-ring (bicyclic) bond motifs is 1. The molecule has 1 aliphatic rings. The number of carbonyl (C=O) groups is 1. The largest absolute Gasteiger partial charge is 0.369 e. The Balaban J connectivity index is 1.47. The van der Waals surface area contributed by atoms with E-state index in [4.69, 9.17) is 0 Å². The highest BCUT2D eigenvalue weighted by atomic mass is 16.1. The van der Waals surface area contributed by atoms with E-state index in [9.17, 15) is 4.79 Å². The van der Waals surface area contributed by atoms with Gasteiger partial charge in [0.05, 0.1) is 0 Å². The molecule has 27 heavy (non-hydrogen) atoms. The number of nitrogens with zero attached hydrogens (tertiary/aromatic N) is 2. The van der Waals surface area contributed by atoms with Gasteiger partial charge in [-0.15, -0.1) is 0 Å². The van der Waals surface area contributed by atoms with Gasteiger partial charge in [0.15, 0.2) is 0 Å². The molecule has 1 amide bonds. The van der Waals surface area contributed by atoms with Crippen LogP contribution in [0.15, 0.2) is 42.5 Å². The third-order valence-corrected chi connectivity index (χ3v) is 5.33. The van der Waals surface area contributed by atoms with Crippen molar-refractivity contribution in [2.45, 2.75) is 13.8 Å². The van der Waals surface area contributed by atoms with Crippen molar-refractivity contribution in [2.75, 3.05) is 43.4 Å². The van der Waals surface area contributed by atoms with Crippen molar-refractivity contribution in [2.24, 2.45) is 0 Å². The second kappa shape index (κ2) is 7.08. The molecule has 140 valence electrons. The molecule has 5 heteroatoms. The van der Waals surface area contributed by atoms with Crippen molar-refractivity contribution in [3.05, 3.63) is 59.3 Å². The molecule has 0 bridgehead atoms. The van der Waals surface area contributed by atoms with E-state index in [1.54, 1.807) is 0 Å². The van der Waals surface area contributed by atoms with Crippen LogP contribution in [-0.2, 0) is 0 Å². The minimum Gasteiger partial charge on any atom is -0.369 e. The zero-order chi connectivity index (χ0) is 19.0. The van der Waals surface area contributed by atoms with E-state index in [1.165, 1.54) is 16.8 Å². The third-order valence-electron chi connectivity index (χ3n) is 5.33. The number of benzene rings is 2. The Labute approximate surface area is 160 Å². The number of amides is 1. The second-order valence-corrected chi connectivity index (χ2v) is 7.52. The minimum atomic E-state index is -0.115. The van der Waals surface area contributed by atoms with E-state index < -0.39 is 0 Å². The lowest BCUT2D eigenvalue weighted by Crippen LogP contribution is -2.44. The smallest absolute Gasteiger partial charge is 0.272 e. The summed E-state index contributed by atoms with van der Waals surface area (Å²) in [5, 5.41) is 4.09. The molecule has 2 N–H and O–H groups in total. The highest BCUT2D eigenvalue weighted by Crippen LogP contribution is 2.23. The average molecular weight is 362 g/mol. The van der Waals surface area contributed by atoms with Crippen LogP contribution >= 0.6 is 0 Å². The van der Waals surface area contributed by atoms with E-state index in [-0.39, 0.29) is 5.91 Å². The number of nitrogens with one attached hydrogen (secondary N) is 2. The number of piperazine rings is 1. The van der Waals surface area contributed by atoms with Crippen LogP contribution in [0.25, 0.3) is 10.9 Å². The first kappa shape index (κ1) is 17.6. The summed E-state index contributed by atoms with van der Waals surface area (Å²) in [5.74, 6) is -0.115. The van der Waals surface area contributed by atoms with Gasteiger partial charge in [0.2, 0.25) is 0 Å². The predicted molar refractivity (Wildman–Crippen MR) is 112 cm³/mol. The maximum Gasteiger partial charge on any atom is 0.272 e. The first-order valence-corrected chi connectivity index (χ1v) is 9.44. The maximum absolute atomic E-state index is 12.6. The highest BCUT2D eigenvalue weighted by Gasteiger charge is 2.15. The number of carbonyl (C=O) groups excluding carboxylic acids is 1. The van der Waals surface area contributed by atoms with E-state index >= 15 is 0 Å². The van der Waals surface area contributed by atoms with Gasteiger partial charge in [-0.2, -0.15) is 0 Å². The quantitative estimate of drug-likeness (QED) is 0.745. The van der Waals surface area contributed by atoms with Gasteiger partial charge in [-0.25, -0.2) is 0 Å². The molecule has 0 radical (unpaired) electrons. The van der Waals surface area contributed by atoms with Crippen LogP contribution in [0.4, 0.5) is 11.4 Å². The lowest BCUT2D eigenvalue weighted by Gasteiger charge is -2.34. The summed E-state index contributed by atoms with van der Waals surface area (Å²) in [6.07, 6.45) is 0. The summed E-state index contributed by atoms with van der Waals surface area (Å²) in [7, 11) is 2.16. The Kier molecular flexibility index (Phi) is 4.62. The molecule has 0 unspecified atom stereocenters. The summed E-state index contributed by atoms with van der Waals surface area (Å²) >= 11 is 0. The van der Waals surface area contributed by atoms with Gasteiger partial charge in [-0.3, -0.25) is 4.79 Å². The normalized spacial score (nSPS) is 15.3. The molecule has 4 rings (SSSR count). The molecule has 5 nitrogen and oxygen atoms in total. The summed E-state index contributed by atoms with van der Waals surface area (Å²) in [5.41, 5.74) is 5.97. The van der Waals surface area contributed by atoms with Crippen molar-refractivity contribution in [1.82, 2.24) is 9.88 Å². The monoisotopic (exact) mass is 362 g/mol. The number of aryl methyl sites for hydroxylation is 2. The van der Waals surface area contributed by atoms with Crippen molar-refractivity contribution in [1.29, 1.82) is 0 Å². The maximum atomic E-state index is 12.6. The minimum absolute atomic E-state index is 0.115. The van der Waals surface area contributed by atoms with Gasteiger partial charge in [-0.05, 0) is 68.4 Å². The summed E-state index contributed by atoms with van der Waals surface area (Å²) in [6.45, 7) is 8.37. The molecule has 0 aliphatic carbocycles. The number of anilines is 2.